The van der Waals surface area contributed by atoms with Crippen LogP contribution in [0, 0.1) is 5.92 Å². The zero-order valence-corrected chi connectivity index (χ0v) is 21.9. The smallest absolute Gasteiger partial charge is 0.311 e. The van der Waals surface area contributed by atoms with Gasteiger partial charge in [-0.3, -0.25) is 24.2 Å². The van der Waals surface area contributed by atoms with E-state index in [1.165, 1.54) is 32.5 Å². The predicted molar refractivity (Wildman–Crippen MR) is 137 cm³/mol. The van der Waals surface area contributed by atoms with Crippen molar-refractivity contribution in [3.05, 3.63) is 48.2 Å². The number of carbonyl (C=O) groups is 4. The van der Waals surface area contributed by atoms with E-state index in [-0.39, 0.29) is 30.3 Å². The molecule has 1 saturated carbocycles. The van der Waals surface area contributed by atoms with Gasteiger partial charge in [0.1, 0.15) is 5.84 Å². The van der Waals surface area contributed by atoms with E-state index in [4.69, 9.17) is 4.18 Å². The molecule has 202 valence electrons. The second-order valence-corrected chi connectivity index (χ2v) is 9.75. The van der Waals surface area contributed by atoms with Crippen molar-refractivity contribution >= 4 is 40.9 Å². The minimum absolute atomic E-state index is 0.0764. The van der Waals surface area contributed by atoms with Crippen molar-refractivity contribution in [2.75, 3.05) is 33.4 Å². The van der Waals surface area contributed by atoms with Crippen LogP contribution in [0.4, 0.5) is 4.39 Å². The maximum absolute atomic E-state index is 13.2. The number of halogens is 1. The Hall–Kier alpha value is -3.61. The van der Waals surface area contributed by atoms with Gasteiger partial charge in [-0.25, -0.2) is 8.60 Å². The number of hydrogen-bond donors (Lipinski definition) is 3. The molecule has 37 heavy (non-hydrogen) atoms. The molecule has 1 aliphatic carbocycles. The van der Waals surface area contributed by atoms with Crippen LogP contribution in [0.1, 0.15) is 25.7 Å². The molecule has 0 aromatic heterocycles. The zero-order valence-electron chi connectivity index (χ0n) is 21.0. The molecule has 13 heteroatoms. The maximum atomic E-state index is 13.2. The number of nitrogens with one attached hydrogen (secondary N) is 3. The Morgan fingerprint density at radius 2 is 1.95 bits per heavy atom. The fourth-order valence-corrected chi connectivity index (χ4v) is 4.38. The molecule has 1 atom stereocenters. The fourth-order valence-electron chi connectivity index (χ4n) is 4.00. The molecule has 2 aliphatic heterocycles. The highest BCUT2D eigenvalue weighted by molar-refractivity contribution is 7.79. The average Bonchev–Trinajstić information content (AvgIpc) is 3.14. The molecular weight excluding hydrogens is 505 g/mol. The van der Waals surface area contributed by atoms with Gasteiger partial charge in [-0.15, -0.1) is 0 Å². The number of amidine groups is 1. The van der Waals surface area contributed by atoms with Gasteiger partial charge in [-0.2, -0.15) is 0 Å². The van der Waals surface area contributed by atoms with Crippen LogP contribution in [0.5, 0.6) is 0 Å². The van der Waals surface area contributed by atoms with E-state index in [2.05, 4.69) is 27.5 Å². The van der Waals surface area contributed by atoms with E-state index in [9.17, 15) is 27.8 Å². The molecule has 1 fully saturated rings. The third kappa shape index (κ3) is 7.94. The first-order valence-electron chi connectivity index (χ1n) is 11.5. The average molecular weight is 538 g/mol. The first kappa shape index (κ1) is 29.6. The Morgan fingerprint density at radius 3 is 2.49 bits per heavy atom. The van der Waals surface area contributed by atoms with Crippen LogP contribution in [0.25, 0.3) is 0 Å². The SMILES string of the molecule is C=C/C(=C\C=C\F)CNC(=O)/C(NC1=NCC2CCC1(NC(=O)C(=O)N(C)C)CC2)=C(/C=O)OS(C)=O. The molecule has 0 aromatic carbocycles. The van der Waals surface area contributed by atoms with Crippen molar-refractivity contribution < 1.29 is 32.0 Å². The first-order valence-corrected chi connectivity index (χ1v) is 13.0. The fraction of sp³-hybridized carbons (Fsp3) is 0.458. The van der Waals surface area contributed by atoms with Gasteiger partial charge < -0.3 is 25.0 Å². The van der Waals surface area contributed by atoms with Crippen LogP contribution in [0.3, 0.4) is 0 Å². The number of nitrogens with zero attached hydrogens (tertiary/aromatic N) is 2. The Morgan fingerprint density at radius 1 is 1.27 bits per heavy atom. The quantitative estimate of drug-likeness (QED) is 0.121. The molecule has 3 amide bonds. The van der Waals surface area contributed by atoms with E-state index in [1.54, 1.807) is 0 Å². The predicted octanol–water partition coefficient (Wildman–Crippen LogP) is 0.554. The molecule has 0 aromatic rings. The first-order chi connectivity index (χ1) is 17.6. The second kappa shape index (κ2) is 13.6. The minimum atomic E-state index is -1.94. The van der Waals surface area contributed by atoms with Crippen molar-refractivity contribution in [3.63, 3.8) is 0 Å². The number of hydrogen-bond acceptors (Lipinski definition) is 8. The number of amides is 3. The summed E-state index contributed by atoms with van der Waals surface area (Å²) in [4.78, 5) is 55.7. The van der Waals surface area contributed by atoms with E-state index in [0.717, 1.165) is 23.8 Å². The molecule has 1 unspecified atom stereocenters. The lowest BCUT2D eigenvalue weighted by Crippen LogP contribution is -2.62. The van der Waals surface area contributed by atoms with Crippen molar-refractivity contribution in [1.29, 1.82) is 0 Å². The van der Waals surface area contributed by atoms with Crippen LogP contribution in [0.2, 0.25) is 0 Å². The van der Waals surface area contributed by atoms with E-state index in [0.29, 0.717) is 31.3 Å². The van der Waals surface area contributed by atoms with Gasteiger partial charge in [0.15, 0.2) is 12.0 Å². The highest BCUT2D eigenvalue weighted by atomic mass is 32.2. The summed E-state index contributed by atoms with van der Waals surface area (Å²) in [6.45, 7) is 3.94. The minimum Gasteiger partial charge on any atom is -0.395 e. The zero-order chi connectivity index (χ0) is 27.6. The summed E-state index contributed by atoms with van der Waals surface area (Å²) < 4.78 is 29.2. The molecular formula is C24H32FN5O6S. The summed E-state index contributed by atoms with van der Waals surface area (Å²) in [5.41, 5.74) is -1.02. The van der Waals surface area contributed by atoms with Crippen molar-refractivity contribution in [2.24, 2.45) is 10.9 Å². The second-order valence-electron chi connectivity index (χ2n) is 8.78. The summed E-state index contributed by atoms with van der Waals surface area (Å²) in [5.74, 6) is -2.50. The lowest BCUT2D eigenvalue weighted by molar-refractivity contribution is -0.145. The summed E-state index contributed by atoms with van der Waals surface area (Å²) in [5, 5.41) is 8.20. The normalized spacial score (nSPS) is 22.6. The summed E-state index contributed by atoms with van der Waals surface area (Å²) in [7, 11) is 2.91. The van der Waals surface area contributed by atoms with Gasteiger partial charge in [-0.05, 0) is 43.3 Å². The third-order valence-corrected chi connectivity index (χ3v) is 6.42. The van der Waals surface area contributed by atoms with E-state index < -0.39 is 40.1 Å². The molecule has 0 radical (unpaired) electrons. The van der Waals surface area contributed by atoms with Crippen LogP contribution < -0.4 is 16.0 Å². The number of allylic oxidation sites excluding steroid dienone is 3. The highest BCUT2D eigenvalue weighted by Crippen LogP contribution is 2.36. The van der Waals surface area contributed by atoms with Gasteiger partial charge in [0, 0.05) is 33.4 Å². The van der Waals surface area contributed by atoms with Gasteiger partial charge >= 0.3 is 11.8 Å². The number of aliphatic imine (C=N–C) groups is 1. The molecule has 0 spiro atoms. The standard InChI is InChI=1S/C24H32FN5O6S/c1-5-16(7-6-12-25)13-26-20(32)19(18(15-31)36-37(4)35)28-23-24(29-21(33)22(34)30(2)3)10-8-17(9-11-24)14-27-23/h5-7,12,15,17H,1,8-11,13-14H2,2-4H3,(H,26,32)(H,27,28)(H,29,33)/b12-6+,16-7+,19-18+. The van der Waals surface area contributed by atoms with Crippen LogP contribution >= 0.6 is 0 Å². The van der Waals surface area contributed by atoms with Crippen LogP contribution in [0.15, 0.2) is 53.2 Å². The Balaban J connectivity index is 2.45. The van der Waals surface area contributed by atoms with Gasteiger partial charge in [0.25, 0.3) is 5.91 Å². The lowest BCUT2D eigenvalue weighted by atomic mass is 9.77. The van der Waals surface area contributed by atoms with Crippen molar-refractivity contribution in [1.82, 2.24) is 20.9 Å². The van der Waals surface area contributed by atoms with Crippen LogP contribution in [-0.2, 0) is 34.4 Å². The number of carbonyl (C=O) groups excluding carboxylic acids is 4. The number of aldehydes is 1. The van der Waals surface area contributed by atoms with Gasteiger partial charge in [0.05, 0.1) is 11.9 Å². The van der Waals surface area contributed by atoms with Crippen molar-refractivity contribution in [2.45, 2.75) is 31.2 Å². The maximum Gasteiger partial charge on any atom is 0.311 e. The Bertz CT molecular complexity index is 1070. The van der Waals surface area contributed by atoms with Gasteiger partial charge in [0.2, 0.25) is 16.8 Å². The van der Waals surface area contributed by atoms with Crippen molar-refractivity contribution in [3.8, 4) is 0 Å². The van der Waals surface area contributed by atoms with E-state index in [1.807, 2.05) is 0 Å². The summed E-state index contributed by atoms with van der Waals surface area (Å²) >= 11 is -1.94. The molecule has 0 saturated heterocycles. The third-order valence-electron chi connectivity index (χ3n) is 6.00. The molecule has 3 N–H and O–H groups in total. The number of fused-ring (bicyclic) bond motifs is 3. The number of rotatable bonds is 10. The Kier molecular flexibility index (Phi) is 10.9. The van der Waals surface area contributed by atoms with Gasteiger partial charge in [-0.1, -0.05) is 18.7 Å². The molecule has 2 heterocycles. The largest absolute Gasteiger partial charge is 0.395 e. The molecule has 2 bridgehead atoms. The topological polar surface area (TPSA) is 146 Å². The lowest BCUT2D eigenvalue weighted by Gasteiger charge is -2.39. The molecule has 3 aliphatic rings. The molecule has 3 rings (SSSR count). The summed E-state index contributed by atoms with van der Waals surface area (Å²) in [6.07, 6.45) is 8.00. The summed E-state index contributed by atoms with van der Waals surface area (Å²) in [6, 6.07) is 0. The molecule has 11 nitrogen and oxygen atoms in total. The monoisotopic (exact) mass is 537 g/mol. The van der Waals surface area contributed by atoms with E-state index >= 15 is 0 Å². The Labute approximate surface area is 217 Å². The number of likely N-dealkylation sites (N-methyl/N-ethyl adjacent to an activating group) is 1. The van der Waals surface area contributed by atoms with Crippen LogP contribution in [-0.4, -0.2) is 77.9 Å². The highest BCUT2D eigenvalue weighted by Gasteiger charge is 2.45.